The van der Waals surface area contributed by atoms with E-state index in [1.165, 1.54) is 16.2 Å². The van der Waals surface area contributed by atoms with E-state index in [-0.39, 0.29) is 11.6 Å². The van der Waals surface area contributed by atoms with Crippen molar-refractivity contribution in [2.75, 3.05) is 14.1 Å². The summed E-state index contributed by atoms with van der Waals surface area (Å²) < 4.78 is 5.51. The van der Waals surface area contributed by atoms with Gasteiger partial charge in [0, 0.05) is 14.1 Å². The monoisotopic (exact) mass is 307 g/mol. The molecule has 112 valence electrons. The normalized spacial score (nSPS) is 12.0. The maximum absolute atomic E-state index is 12.2. The molecule has 2 aromatic heterocycles. The van der Waals surface area contributed by atoms with Gasteiger partial charge in [-0.25, -0.2) is 4.98 Å². The van der Waals surface area contributed by atoms with Crippen LogP contribution >= 0.6 is 11.3 Å². The molecule has 0 aromatic carbocycles. The molecule has 21 heavy (non-hydrogen) atoms. The summed E-state index contributed by atoms with van der Waals surface area (Å²) in [5, 5.41) is 4.54. The Balaban J connectivity index is 2.15. The molecule has 2 heterocycles. The van der Waals surface area contributed by atoms with Crippen LogP contribution in [0.4, 0.5) is 0 Å². The van der Waals surface area contributed by atoms with Crippen molar-refractivity contribution in [2.24, 2.45) is 0 Å². The molecule has 7 heteroatoms. The topological polar surface area (TPSA) is 75.4 Å². The second kappa shape index (κ2) is 6.09. The molecule has 1 atom stereocenters. The van der Waals surface area contributed by atoms with E-state index in [4.69, 9.17) is 4.42 Å². The second-order valence-corrected chi connectivity index (χ2v) is 5.78. The maximum atomic E-state index is 12.2. The zero-order valence-electron chi connectivity index (χ0n) is 12.3. The Morgan fingerprint density at radius 2 is 2.14 bits per heavy atom. The highest BCUT2D eigenvalue weighted by molar-refractivity contribution is 7.13. The van der Waals surface area contributed by atoms with Gasteiger partial charge in [0.05, 0.1) is 4.88 Å². The van der Waals surface area contributed by atoms with Gasteiger partial charge in [-0.15, -0.1) is 11.3 Å². The number of oxazole rings is 1. The molecule has 2 aromatic rings. The lowest BCUT2D eigenvalue weighted by atomic mass is 10.2. The van der Waals surface area contributed by atoms with Crippen LogP contribution < -0.4 is 5.32 Å². The number of carbonyl (C=O) groups excluding carboxylic acids is 2. The van der Waals surface area contributed by atoms with Crippen LogP contribution in [0.15, 0.2) is 21.9 Å². The minimum atomic E-state index is -0.617. The van der Waals surface area contributed by atoms with E-state index in [1.807, 2.05) is 17.5 Å². The Kier molecular flexibility index (Phi) is 4.42. The number of nitrogens with zero attached hydrogens (tertiary/aromatic N) is 2. The number of hydrogen-bond donors (Lipinski definition) is 1. The molecule has 0 bridgehead atoms. The molecule has 0 saturated carbocycles. The highest BCUT2D eigenvalue weighted by atomic mass is 32.1. The first-order chi connectivity index (χ1) is 9.90. The first-order valence-corrected chi connectivity index (χ1v) is 7.31. The van der Waals surface area contributed by atoms with Crippen molar-refractivity contribution in [1.29, 1.82) is 0 Å². The highest BCUT2D eigenvalue weighted by Crippen LogP contribution is 2.25. The predicted molar refractivity (Wildman–Crippen MR) is 80.2 cm³/mol. The Hall–Kier alpha value is -2.15. The second-order valence-electron chi connectivity index (χ2n) is 4.83. The number of hydrogen-bond acceptors (Lipinski definition) is 5. The molecule has 2 rings (SSSR count). The van der Waals surface area contributed by atoms with Crippen molar-refractivity contribution in [1.82, 2.24) is 15.2 Å². The SMILES string of the molecule is Cc1oc(-c2cccs2)nc1C(=O)N[C@@H](C)C(=O)N(C)C. The minimum Gasteiger partial charge on any atom is -0.440 e. The van der Waals surface area contributed by atoms with Gasteiger partial charge in [-0.05, 0) is 25.3 Å². The number of carbonyl (C=O) groups is 2. The smallest absolute Gasteiger partial charge is 0.274 e. The lowest BCUT2D eigenvalue weighted by Gasteiger charge is -2.17. The van der Waals surface area contributed by atoms with Gasteiger partial charge >= 0.3 is 0 Å². The minimum absolute atomic E-state index is 0.178. The quantitative estimate of drug-likeness (QED) is 0.936. The standard InChI is InChI=1S/C14H17N3O3S/c1-8(14(19)17(3)4)15-12(18)11-9(2)20-13(16-11)10-6-5-7-21-10/h5-8H,1-4H3,(H,15,18)/t8-/m0/s1. The van der Waals surface area contributed by atoms with E-state index in [0.29, 0.717) is 11.7 Å². The summed E-state index contributed by atoms with van der Waals surface area (Å²) in [6.07, 6.45) is 0. The lowest BCUT2D eigenvalue weighted by Crippen LogP contribution is -2.44. The molecule has 0 fully saturated rings. The van der Waals surface area contributed by atoms with Crippen molar-refractivity contribution < 1.29 is 14.0 Å². The van der Waals surface area contributed by atoms with Crippen LogP contribution in [0.3, 0.4) is 0 Å². The lowest BCUT2D eigenvalue weighted by molar-refractivity contribution is -0.130. The van der Waals surface area contributed by atoms with Crippen LogP contribution in [0, 0.1) is 6.92 Å². The first kappa shape index (κ1) is 15.2. The van der Waals surface area contributed by atoms with Crippen molar-refractivity contribution in [3.63, 3.8) is 0 Å². The van der Waals surface area contributed by atoms with Crippen LogP contribution in [0.2, 0.25) is 0 Å². The fourth-order valence-electron chi connectivity index (χ4n) is 1.83. The summed E-state index contributed by atoms with van der Waals surface area (Å²) in [7, 11) is 3.28. The van der Waals surface area contributed by atoms with Gasteiger partial charge < -0.3 is 14.6 Å². The number of amides is 2. The van der Waals surface area contributed by atoms with E-state index >= 15 is 0 Å². The van der Waals surface area contributed by atoms with Crippen LogP contribution in [0.1, 0.15) is 23.2 Å². The maximum Gasteiger partial charge on any atom is 0.274 e. The Morgan fingerprint density at radius 3 is 2.71 bits per heavy atom. The van der Waals surface area contributed by atoms with E-state index in [0.717, 1.165) is 4.88 Å². The van der Waals surface area contributed by atoms with Crippen LogP contribution in [-0.2, 0) is 4.79 Å². The van der Waals surface area contributed by atoms with Gasteiger partial charge in [0.1, 0.15) is 11.8 Å². The van der Waals surface area contributed by atoms with Gasteiger partial charge in [-0.1, -0.05) is 6.07 Å². The number of likely N-dealkylation sites (N-methyl/N-ethyl adjacent to an activating group) is 1. The molecule has 0 unspecified atom stereocenters. The molecule has 0 aliphatic rings. The van der Waals surface area contributed by atoms with Crippen molar-refractivity contribution in [3.05, 3.63) is 29.0 Å². The van der Waals surface area contributed by atoms with Gasteiger partial charge in [-0.2, -0.15) is 0 Å². The Labute approximate surface area is 126 Å². The summed E-state index contributed by atoms with van der Waals surface area (Å²) in [5.41, 5.74) is 0.205. The molecule has 2 amide bonds. The zero-order valence-corrected chi connectivity index (χ0v) is 13.2. The molecule has 0 saturated heterocycles. The van der Waals surface area contributed by atoms with Crippen LogP contribution in [0.25, 0.3) is 10.8 Å². The molecule has 0 spiro atoms. The van der Waals surface area contributed by atoms with E-state index in [1.54, 1.807) is 27.9 Å². The average Bonchev–Trinajstić information content (AvgIpc) is 3.06. The summed E-state index contributed by atoms with van der Waals surface area (Å²) in [5.74, 6) is 0.254. The Morgan fingerprint density at radius 1 is 1.43 bits per heavy atom. The van der Waals surface area contributed by atoms with Crippen molar-refractivity contribution in [3.8, 4) is 10.8 Å². The molecule has 0 radical (unpaired) electrons. The van der Waals surface area contributed by atoms with E-state index < -0.39 is 11.9 Å². The van der Waals surface area contributed by atoms with Crippen LogP contribution in [-0.4, -0.2) is 41.8 Å². The zero-order chi connectivity index (χ0) is 15.6. The van der Waals surface area contributed by atoms with Crippen LogP contribution in [0.5, 0.6) is 0 Å². The van der Waals surface area contributed by atoms with Crippen molar-refractivity contribution >= 4 is 23.2 Å². The number of aryl methyl sites for hydroxylation is 1. The molecule has 6 nitrogen and oxygen atoms in total. The van der Waals surface area contributed by atoms with Crippen molar-refractivity contribution in [2.45, 2.75) is 19.9 Å². The van der Waals surface area contributed by atoms with Gasteiger partial charge in [0.25, 0.3) is 5.91 Å². The van der Waals surface area contributed by atoms with Gasteiger partial charge in [-0.3, -0.25) is 9.59 Å². The largest absolute Gasteiger partial charge is 0.440 e. The summed E-state index contributed by atoms with van der Waals surface area (Å²) >= 11 is 1.48. The average molecular weight is 307 g/mol. The molecule has 0 aliphatic carbocycles. The third-order valence-electron chi connectivity index (χ3n) is 2.90. The number of rotatable bonds is 4. The molecular formula is C14H17N3O3S. The summed E-state index contributed by atoms with van der Waals surface area (Å²) in [6.45, 7) is 3.31. The third-order valence-corrected chi connectivity index (χ3v) is 3.76. The fourth-order valence-corrected chi connectivity index (χ4v) is 2.48. The fraction of sp³-hybridized carbons (Fsp3) is 0.357. The van der Waals surface area contributed by atoms with E-state index in [2.05, 4.69) is 10.3 Å². The third kappa shape index (κ3) is 3.30. The summed E-state index contributed by atoms with van der Waals surface area (Å²) in [6, 6.07) is 3.14. The van der Waals surface area contributed by atoms with Gasteiger partial charge in [0.2, 0.25) is 11.8 Å². The number of thiophene rings is 1. The summed E-state index contributed by atoms with van der Waals surface area (Å²) in [4.78, 5) is 30.4. The molecule has 0 aliphatic heterocycles. The number of aromatic nitrogens is 1. The van der Waals surface area contributed by atoms with E-state index in [9.17, 15) is 9.59 Å². The van der Waals surface area contributed by atoms with Gasteiger partial charge in [0.15, 0.2) is 5.69 Å². The Bertz CT molecular complexity index is 646. The molecular weight excluding hydrogens is 290 g/mol. The predicted octanol–water partition coefficient (Wildman–Crippen LogP) is 1.92. The number of nitrogens with one attached hydrogen (secondary N) is 1. The first-order valence-electron chi connectivity index (χ1n) is 6.43. The molecule has 1 N–H and O–H groups in total. The highest BCUT2D eigenvalue weighted by Gasteiger charge is 2.23.